The van der Waals surface area contributed by atoms with E-state index >= 15 is 0 Å². The zero-order chi connectivity index (χ0) is 8.04. The standard InChI is InChI=1S/C5H13NO3S.Li.H/c1-6-4-2-3-5-10(7,8)9;;/h6H,2-5H2,1H3,(H,7,8,9);;/q;+1;-1. The van der Waals surface area contributed by atoms with Crippen LogP contribution in [0, 0.1) is 0 Å². The van der Waals surface area contributed by atoms with Crippen LogP contribution in [0.2, 0.25) is 0 Å². The molecule has 0 spiro atoms. The molecule has 0 bridgehead atoms. The zero-order valence-electron chi connectivity index (χ0n) is 8.00. The topological polar surface area (TPSA) is 66.4 Å². The predicted molar refractivity (Wildman–Crippen MR) is 40.7 cm³/mol. The van der Waals surface area contributed by atoms with Crippen LogP contribution in [-0.4, -0.2) is 32.3 Å². The molecule has 0 aromatic rings. The smallest absolute Gasteiger partial charge is 1.00 e. The molecule has 0 amide bonds. The molecule has 0 atom stereocenters. The quantitative estimate of drug-likeness (QED) is 0.265. The Morgan fingerprint density at radius 2 is 2.00 bits per heavy atom. The molecule has 0 aromatic heterocycles. The fourth-order valence-corrected chi connectivity index (χ4v) is 1.16. The van der Waals surface area contributed by atoms with Crippen LogP contribution < -0.4 is 24.2 Å². The average molecular weight is 175 g/mol. The molecule has 0 unspecified atom stereocenters. The molecule has 0 rings (SSSR count). The van der Waals surface area contributed by atoms with Gasteiger partial charge in [0.25, 0.3) is 10.1 Å². The Morgan fingerprint density at radius 1 is 1.45 bits per heavy atom. The van der Waals surface area contributed by atoms with Crippen LogP contribution in [0.5, 0.6) is 0 Å². The number of nitrogens with one attached hydrogen (secondary N) is 1. The number of hydrogen-bond donors (Lipinski definition) is 2. The van der Waals surface area contributed by atoms with Crippen LogP contribution in [0.3, 0.4) is 0 Å². The third-order valence-corrected chi connectivity index (χ3v) is 1.88. The fraction of sp³-hybridized carbons (Fsp3) is 1.00. The van der Waals surface area contributed by atoms with E-state index in [0.29, 0.717) is 6.42 Å². The summed E-state index contributed by atoms with van der Waals surface area (Å²) >= 11 is 0. The van der Waals surface area contributed by atoms with Crippen LogP contribution in [0.15, 0.2) is 0 Å². The second kappa shape index (κ2) is 7.13. The Labute approximate surface area is 81.2 Å². The molecule has 11 heavy (non-hydrogen) atoms. The normalized spacial score (nSPS) is 10.7. The Morgan fingerprint density at radius 3 is 2.36 bits per heavy atom. The van der Waals surface area contributed by atoms with Gasteiger partial charge in [-0.1, -0.05) is 0 Å². The molecule has 0 aliphatic heterocycles. The van der Waals surface area contributed by atoms with E-state index in [-0.39, 0.29) is 26.0 Å². The van der Waals surface area contributed by atoms with Crippen molar-refractivity contribution in [1.29, 1.82) is 0 Å². The molecule has 0 fully saturated rings. The van der Waals surface area contributed by atoms with Crippen LogP contribution in [-0.2, 0) is 10.1 Å². The van der Waals surface area contributed by atoms with E-state index in [1.165, 1.54) is 0 Å². The van der Waals surface area contributed by atoms with E-state index in [1.807, 2.05) is 0 Å². The van der Waals surface area contributed by atoms with E-state index in [2.05, 4.69) is 5.32 Å². The van der Waals surface area contributed by atoms with E-state index in [9.17, 15) is 8.42 Å². The minimum absolute atomic E-state index is 0. The summed E-state index contributed by atoms with van der Waals surface area (Å²) in [5.41, 5.74) is 0. The molecule has 0 aliphatic rings. The Hall–Kier alpha value is 0.467. The van der Waals surface area contributed by atoms with Crippen molar-refractivity contribution in [2.75, 3.05) is 19.3 Å². The monoisotopic (exact) mass is 175 g/mol. The first-order chi connectivity index (χ1) is 4.56. The van der Waals surface area contributed by atoms with Crippen molar-refractivity contribution in [2.45, 2.75) is 12.8 Å². The first kappa shape index (κ1) is 14.0. The Bertz CT molecular complexity index is 174. The Balaban J connectivity index is -0.000000405. The van der Waals surface area contributed by atoms with Crippen molar-refractivity contribution in [1.82, 2.24) is 5.32 Å². The second-order valence-corrected chi connectivity index (χ2v) is 3.67. The van der Waals surface area contributed by atoms with Gasteiger partial charge in [-0.05, 0) is 26.4 Å². The average Bonchev–Trinajstić information content (AvgIpc) is 1.78. The largest absolute Gasteiger partial charge is 1.00 e. The minimum atomic E-state index is -3.73. The summed E-state index contributed by atoms with van der Waals surface area (Å²) in [4.78, 5) is 0. The maximum absolute atomic E-state index is 10.1. The maximum atomic E-state index is 10.1. The van der Waals surface area contributed by atoms with Crippen molar-refractivity contribution in [3.05, 3.63) is 0 Å². The molecule has 4 nitrogen and oxygen atoms in total. The molecule has 6 heteroatoms. The van der Waals surface area contributed by atoms with Crippen LogP contribution >= 0.6 is 0 Å². The van der Waals surface area contributed by atoms with Gasteiger partial charge in [0.15, 0.2) is 0 Å². The summed E-state index contributed by atoms with van der Waals surface area (Å²) in [6.07, 6.45) is 1.29. The zero-order valence-corrected chi connectivity index (χ0v) is 7.82. The molecule has 0 saturated carbocycles. The summed E-state index contributed by atoms with van der Waals surface area (Å²) in [5.74, 6) is -0.130. The van der Waals surface area contributed by atoms with Gasteiger partial charge in [0, 0.05) is 0 Å². The van der Waals surface area contributed by atoms with Gasteiger partial charge < -0.3 is 6.74 Å². The Kier molecular flexibility index (Phi) is 9.09. The first-order valence-corrected chi connectivity index (χ1v) is 4.77. The van der Waals surface area contributed by atoms with Gasteiger partial charge in [0.05, 0.1) is 5.75 Å². The van der Waals surface area contributed by atoms with E-state index < -0.39 is 10.1 Å². The summed E-state index contributed by atoms with van der Waals surface area (Å²) in [7, 11) is -1.93. The minimum Gasteiger partial charge on any atom is -1.00 e. The van der Waals surface area contributed by atoms with E-state index in [0.717, 1.165) is 13.0 Å². The molecule has 0 heterocycles. The van der Waals surface area contributed by atoms with Crippen LogP contribution in [0.1, 0.15) is 14.3 Å². The molecule has 0 aliphatic carbocycles. The van der Waals surface area contributed by atoms with Crippen LogP contribution in [0.4, 0.5) is 0 Å². The van der Waals surface area contributed by atoms with Gasteiger partial charge in [0.1, 0.15) is 0 Å². The molecule has 2 N–H and O–H groups in total. The van der Waals surface area contributed by atoms with Crippen LogP contribution in [0.25, 0.3) is 0 Å². The SMILES string of the molecule is CNCCCCS(=O)(=O)O.[H-].[Li+]. The van der Waals surface area contributed by atoms with Gasteiger partial charge in [-0.3, -0.25) is 4.55 Å². The fourth-order valence-electron chi connectivity index (χ4n) is 0.586. The van der Waals surface area contributed by atoms with E-state index in [4.69, 9.17) is 4.55 Å². The third-order valence-electron chi connectivity index (χ3n) is 1.08. The molecule has 0 saturated heterocycles. The van der Waals surface area contributed by atoms with Gasteiger partial charge in [-0.2, -0.15) is 8.42 Å². The van der Waals surface area contributed by atoms with Crippen molar-refractivity contribution < 1.29 is 33.3 Å². The van der Waals surface area contributed by atoms with E-state index in [1.54, 1.807) is 7.05 Å². The number of unbranched alkanes of at least 4 members (excludes halogenated alkanes) is 1. The van der Waals surface area contributed by atoms with Crippen molar-refractivity contribution in [3.8, 4) is 0 Å². The second-order valence-electron chi connectivity index (χ2n) is 2.10. The first-order valence-electron chi connectivity index (χ1n) is 3.16. The molecule has 0 radical (unpaired) electrons. The third kappa shape index (κ3) is 13.5. The van der Waals surface area contributed by atoms with Gasteiger partial charge >= 0.3 is 18.9 Å². The van der Waals surface area contributed by atoms with Gasteiger partial charge in [-0.15, -0.1) is 0 Å². The molecule has 64 valence electrons. The summed E-state index contributed by atoms with van der Waals surface area (Å²) in [6.45, 7) is 0.787. The predicted octanol–water partition coefficient (Wildman–Crippen LogP) is -3.01. The summed E-state index contributed by atoms with van der Waals surface area (Å²) in [5, 5.41) is 2.88. The summed E-state index contributed by atoms with van der Waals surface area (Å²) in [6, 6.07) is 0. The van der Waals surface area contributed by atoms with Gasteiger partial charge in [0.2, 0.25) is 0 Å². The number of rotatable bonds is 5. The maximum Gasteiger partial charge on any atom is 1.00 e. The molecular formula is C5H14LiNO3S. The number of hydrogen-bond acceptors (Lipinski definition) is 3. The van der Waals surface area contributed by atoms with Gasteiger partial charge in [-0.25, -0.2) is 0 Å². The summed E-state index contributed by atoms with van der Waals surface area (Å²) < 4.78 is 28.5. The molecular weight excluding hydrogens is 161 g/mol. The van der Waals surface area contributed by atoms with Crippen molar-refractivity contribution in [3.63, 3.8) is 0 Å². The molecule has 0 aromatic carbocycles. The van der Waals surface area contributed by atoms with Crippen molar-refractivity contribution in [2.24, 2.45) is 0 Å². The van der Waals surface area contributed by atoms with Crippen molar-refractivity contribution >= 4 is 10.1 Å².